The number of amides is 10. The Balaban J connectivity index is 1.34. The minimum atomic E-state index is -1.70. The molecule has 2 aromatic rings. The molecular weight excluding hydrogens is 1310 g/mol. The first-order chi connectivity index (χ1) is 46.7. The molecule has 0 aromatic heterocycles. The van der Waals surface area contributed by atoms with Crippen molar-refractivity contribution in [3.8, 4) is 0 Å². The molecule has 3 heterocycles. The number of fused-ring (bicyclic) bond motifs is 4. The highest BCUT2D eigenvalue weighted by molar-refractivity contribution is 7.99. The Hall–Kier alpha value is -6.62. The quantitative estimate of drug-likeness (QED) is 0.0349. The fraction of sp³-hybridized carbons (Fsp3) is 0.646. The predicted molar refractivity (Wildman–Crippen MR) is 371 cm³/mol. The lowest BCUT2D eigenvalue weighted by molar-refractivity contribution is -0.148. The number of hydrogen-bond acceptors (Lipinski definition) is 21. The van der Waals surface area contributed by atoms with Crippen molar-refractivity contribution in [2.75, 3.05) is 109 Å². The van der Waals surface area contributed by atoms with Crippen LogP contribution in [0.25, 0.3) is 0 Å². The largest absolute Gasteiger partial charge is 0.480 e. The van der Waals surface area contributed by atoms with Gasteiger partial charge in [-0.25, -0.2) is 4.79 Å². The summed E-state index contributed by atoms with van der Waals surface area (Å²) in [6.07, 6.45) is 1.32. The molecule has 0 radical (unpaired) electrons. The van der Waals surface area contributed by atoms with Gasteiger partial charge in [-0.1, -0.05) is 68.3 Å². The fourth-order valence-corrected chi connectivity index (χ4v) is 13.9. The molecule has 0 unspecified atom stereocenters. The van der Waals surface area contributed by atoms with Gasteiger partial charge < -0.3 is 94.5 Å². The SMILES string of the molecule is CCCCCC(=O)N[C@H]1CSCc2cc(CSCCNC(=O)COCCOCCNC(=O)C(CNCCN)CNCCN)cc(c2)CSC[C@@H](C(=O)O)NC(=O)[C@H](Cc2ccccc2)NC(=O)[C@H](CCC(N)=O)NC(=O)[C@H]([C@@H](C)O)NC(=O)[C@@H]2CCCN2C(=O)[C@@H]2CCCN2C1=O. The van der Waals surface area contributed by atoms with Crippen molar-refractivity contribution in [1.29, 1.82) is 0 Å². The van der Waals surface area contributed by atoms with Gasteiger partial charge in [0.15, 0.2) is 0 Å². The van der Waals surface area contributed by atoms with Crippen LogP contribution in [0.5, 0.6) is 0 Å². The Morgan fingerprint density at radius 1 is 0.701 bits per heavy atom. The topological polar surface area (TPSA) is 439 Å². The van der Waals surface area contributed by atoms with Crippen LogP contribution in [-0.2, 0) is 85.9 Å². The van der Waals surface area contributed by atoms with Gasteiger partial charge in [0.25, 0.3) is 0 Å². The average molecular weight is 1420 g/mol. The molecule has 32 heteroatoms. The number of aliphatic carboxylic acids is 1. The van der Waals surface area contributed by atoms with E-state index in [-0.39, 0.29) is 113 Å². The molecule has 2 aromatic carbocycles. The first-order valence-electron chi connectivity index (χ1n) is 33.4. The van der Waals surface area contributed by atoms with Gasteiger partial charge in [0.1, 0.15) is 48.9 Å². The minimum absolute atomic E-state index is 0.125. The van der Waals surface area contributed by atoms with Crippen LogP contribution in [0.1, 0.15) is 100 Å². The second-order valence-electron chi connectivity index (χ2n) is 24.1. The number of carbonyl (C=O) groups excluding carboxylic acids is 10. The number of thioether (sulfide) groups is 3. The first kappa shape index (κ1) is 81.1. The second kappa shape index (κ2) is 45.1. The number of carboxylic acid groups (broad SMARTS) is 1. The Morgan fingerprint density at radius 2 is 1.34 bits per heavy atom. The van der Waals surface area contributed by atoms with Crippen molar-refractivity contribution >= 4 is 100 Å². The maximum atomic E-state index is 14.8. The highest BCUT2D eigenvalue weighted by Gasteiger charge is 2.45. The number of aliphatic hydroxyl groups is 1. The van der Waals surface area contributed by atoms with E-state index in [2.05, 4.69) is 47.9 Å². The summed E-state index contributed by atoms with van der Waals surface area (Å²) in [5.41, 5.74) is 19.8. The van der Waals surface area contributed by atoms with E-state index in [9.17, 15) is 63.0 Å². The molecule has 10 amide bonds. The fourth-order valence-electron chi connectivity index (χ4n) is 11.2. The molecule has 3 aliphatic rings. The van der Waals surface area contributed by atoms with Gasteiger partial charge in [-0.3, -0.25) is 47.9 Å². The lowest BCUT2D eigenvalue weighted by Crippen LogP contribution is -2.61. The van der Waals surface area contributed by atoms with E-state index in [1.165, 1.54) is 40.2 Å². The summed E-state index contributed by atoms with van der Waals surface area (Å²) in [4.78, 5) is 153. The van der Waals surface area contributed by atoms with E-state index >= 15 is 0 Å². The standard InChI is InChI=1S/C65H102N14O15S3/c1-3-4-6-15-55(82)73-50-40-96-38-45-30-44(37-95-29-23-71-56(83)36-94-28-27-93-26-22-72-58(84)47(34-69-20-18-66)35-70-21-19-67)31-46(32-45)39-97-41-51(65(91)92)76-60(86)49(33-43-11-7-5-8-12-43)75-59(85)48(16-17-54(68)81)74-62(88)57(42(2)80)77-61(87)52-13-9-24-78(52)64(90)53-14-10-25-79(53)63(50)89/h5,7-8,11-12,30-32,42,47-53,57,69-70,80H,3-4,6,9-10,13-29,33-41,66-67H2,1-2H3,(H2,68,81)(H,71,83)(H,72,84)(H,73,82)(H,74,88)(H,75,85)(H,76,86)(H,77,87)(H,91,92)/t42-,48+,49+,50+,51+,52+,53+,57+/m1/s1. The number of rotatable bonds is 34. The lowest BCUT2D eigenvalue weighted by Gasteiger charge is -2.33. The van der Waals surface area contributed by atoms with Crippen molar-refractivity contribution in [3.63, 3.8) is 0 Å². The Bertz CT molecular complexity index is 2860. The summed E-state index contributed by atoms with van der Waals surface area (Å²) in [6.45, 7) is 7.69. The highest BCUT2D eigenvalue weighted by Crippen LogP contribution is 2.28. The van der Waals surface area contributed by atoms with E-state index in [0.29, 0.717) is 94.4 Å². The molecule has 29 nitrogen and oxygen atoms in total. The number of ether oxygens (including phenoxy) is 2. The van der Waals surface area contributed by atoms with Gasteiger partial charge >= 0.3 is 5.97 Å². The van der Waals surface area contributed by atoms with Crippen LogP contribution in [-0.4, -0.2) is 243 Å². The summed E-state index contributed by atoms with van der Waals surface area (Å²) in [6, 6.07) is 5.24. The summed E-state index contributed by atoms with van der Waals surface area (Å²) in [7, 11) is 0. The van der Waals surface area contributed by atoms with Gasteiger partial charge in [-0.2, -0.15) is 35.3 Å². The van der Waals surface area contributed by atoms with Crippen LogP contribution in [0.4, 0.5) is 0 Å². The number of carboxylic acids is 1. The monoisotopic (exact) mass is 1410 g/mol. The molecule has 3 aliphatic heterocycles. The molecule has 0 saturated carbocycles. The summed E-state index contributed by atoms with van der Waals surface area (Å²) >= 11 is 4.20. The van der Waals surface area contributed by atoms with E-state index < -0.39 is 102 Å². The molecular formula is C65H102N14O15S3. The van der Waals surface area contributed by atoms with E-state index in [0.717, 1.165) is 29.5 Å². The predicted octanol–water partition coefficient (Wildman–Crippen LogP) is -1.66. The van der Waals surface area contributed by atoms with Crippen LogP contribution >= 0.6 is 35.3 Å². The summed E-state index contributed by atoms with van der Waals surface area (Å²) in [5, 5.41) is 46.8. The molecule has 2 fully saturated rings. The number of hydrogen-bond donors (Lipinski definition) is 14. The number of unbranched alkanes of at least 4 members (excludes halogenated alkanes) is 2. The number of nitrogens with two attached hydrogens (primary N) is 3. The molecule has 2 saturated heterocycles. The summed E-state index contributed by atoms with van der Waals surface area (Å²) in [5.74, 6) is -6.16. The van der Waals surface area contributed by atoms with Gasteiger partial charge in [0, 0.05) is 119 Å². The number of primary amides is 1. The summed E-state index contributed by atoms with van der Waals surface area (Å²) < 4.78 is 11.1. The molecule has 17 N–H and O–H groups in total. The maximum Gasteiger partial charge on any atom is 0.327 e. The minimum Gasteiger partial charge on any atom is -0.480 e. The van der Waals surface area contributed by atoms with Gasteiger partial charge in [-0.15, -0.1) is 0 Å². The Kier molecular flexibility index (Phi) is 37.7. The van der Waals surface area contributed by atoms with Crippen LogP contribution in [0, 0.1) is 5.92 Å². The molecule has 2 bridgehead atoms. The smallest absolute Gasteiger partial charge is 0.327 e. The number of aliphatic hydroxyl groups excluding tert-OH is 1. The van der Waals surface area contributed by atoms with Gasteiger partial charge in [0.05, 0.1) is 31.8 Å². The Morgan fingerprint density at radius 3 is 1.99 bits per heavy atom. The van der Waals surface area contributed by atoms with Crippen molar-refractivity contribution in [2.24, 2.45) is 23.1 Å². The average Bonchev–Trinajstić information content (AvgIpc) is 1.66. The molecule has 5 rings (SSSR count). The molecule has 0 spiro atoms. The van der Waals surface area contributed by atoms with E-state index in [4.69, 9.17) is 26.7 Å². The molecule has 0 aliphatic carbocycles. The Labute approximate surface area is 580 Å². The van der Waals surface area contributed by atoms with E-state index in [1.54, 1.807) is 42.1 Å². The third-order valence-electron chi connectivity index (χ3n) is 16.2. The lowest BCUT2D eigenvalue weighted by atomic mass is 10.0. The molecule has 8 atom stereocenters. The zero-order valence-electron chi connectivity index (χ0n) is 55.8. The van der Waals surface area contributed by atoms with Crippen LogP contribution in [0.15, 0.2) is 48.5 Å². The number of carbonyl (C=O) groups is 11. The molecule has 540 valence electrons. The first-order valence-corrected chi connectivity index (χ1v) is 36.9. The van der Waals surface area contributed by atoms with Crippen molar-refractivity contribution in [3.05, 3.63) is 70.8 Å². The second-order valence-corrected chi connectivity index (χ2v) is 27.3. The number of nitrogens with zero attached hydrogens (tertiary/aromatic N) is 2. The van der Waals surface area contributed by atoms with Crippen molar-refractivity contribution < 1.29 is 72.4 Å². The van der Waals surface area contributed by atoms with Gasteiger partial charge in [-0.05, 0) is 67.7 Å². The van der Waals surface area contributed by atoms with Crippen LogP contribution < -0.4 is 65.1 Å². The highest BCUT2D eigenvalue weighted by atomic mass is 32.2. The maximum absolute atomic E-state index is 14.8. The van der Waals surface area contributed by atoms with Crippen molar-refractivity contribution in [1.82, 2.24) is 57.7 Å². The number of benzene rings is 2. The van der Waals surface area contributed by atoms with Crippen LogP contribution in [0.3, 0.4) is 0 Å². The van der Waals surface area contributed by atoms with Crippen molar-refractivity contribution in [2.45, 2.75) is 150 Å². The third-order valence-corrected chi connectivity index (χ3v) is 19.5. The zero-order valence-corrected chi connectivity index (χ0v) is 58.2. The van der Waals surface area contributed by atoms with Gasteiger partial charge in [0.2, 0.25) is 59.1 Å². The van der Waals surface area contributed by atoms with E-state index in [1.807, 2.05) is 25.1 Å². The normalized spacial score (nSPS) is 21.4. The number of nitrogens with one attached hydrogen (secondary N) is 9. The molecule has 97 heavy (non-hydrogen) atoms. The zero-order chi connectivity index (χ0) is 70.5. The van der Waals surface area contributed by atoms with Crippen LogP contribution in [0.2, 0.25) is 0 Å². The third kappa shape index (κ3) is 29.4.